The fourth-order valence-corrected chi connectivity index (χ4v) is 3.05. The largest absolute Gasteiger partial charge is 0.378 e. The third kappa shape index (κ3) is 4.84. The average molecular weight is 331 g/mol. The maximum Gasteiger partial charge on any atom is 0.124 e. The van der Waals surface area contributed by atoms with Gasteiger partial charge in [0.05, 0.1) is 6.10 Å². The number of hydrogen-bond acceptors (Lipinski definition) is 3. The van der Waals surface area contributed by atoms with Crippen LogP contribution in [0.2, 0.25) is 0 Å². The van der Waals surface area contributed by atoms with Crippen molar-refractivity contribution in [2.45, 2.75) is 44.2 Å². The van der Waals surface area contributed by atoms with Crippen LogP contribution in [0.4, 0.5) is 4.39 Å². The fraction of sp³-hybridized carbons (Fsp3) is 0.571. The van der Waals surface area contributed by atoms with Gasteiger partial charge in [-0.2, -0.15) is 0 Å². The summed E-state index contributed by atoms with van der Waals surface area (Å²) in [5.41, 5.74) is 3.75. The zero-order valence-electron chi connectivity index (χ0n) is 10.9. The Hall–Kier alpha value is -0.490. The van der Waals surface area contributed by atoms with Gasteiger partial charge in [-0.3, -0.25) is 11.3 Å². The summed E-state index contributed by atoms with van der Waals surface area (Å²) in [5, 5.41) is 0. The number of rotatable bonds is 5. The third-order valence-corrected chi connectivity index (χ3v) is 3.92. The van der Waals surface area contributed by atoms with Crippen molar-refractivity contribution in [1.29, 1.82) is 0 Å². The lowest BCUT2D eigenvalue weighted by Gasteiger charge is -2.26. The minimum Gasteiger partial charge on any atom is -0.378 e. The minimum absolute atomic E-state index is 0.108. The topological polar surface area (TPSA) is 47.3 Å². The molecule has 1 aliphatic heterocycles. The van der Waals surface area contributed by atoms with Crippen LogP contribution >= 0.6 is 15.9 Å². The molecule has 5 heteroatoms. The fourth-order valence-electron chi connectivity index (χ4n) is 2.53. The maximum atomic E-state index is 13.3. The van der Waals surface area contributed by atoms with Crippen LogP contribution in [0, 0.1) is 5.82 Å². The van der Waals surface area contributed by atoms with E-state index in [0.717, 1.165) is 35.9 Å². The second kappa shape index (κ2) is 7.33. The van der Waals surface area contributed by atoms with Gasteiger partial charge in [0.25, 0.3) is 0 Å². The molecule has 1 aliphatic rings. The second-order valence-electron chi connectivity index (χ2n) is 5.07. The van der Waals surface area contributed by atoms with Gasteiger partial charge >= 0.3 is 0 Å². The first kappa shape index (κ1) is 14.9. The molecule has 0 aromatic heterocycles. The van der Waals surface area contributed by atoms with E-state index in [0.29, 0.717) is 6.42 Å². The van der Waals surface area contributed by atoms with E-state index in [4.69, 9.17) is 10.6 Å². The van der Waals surface area contributed by atoms with Crippen LogP contribution in [0.25, 0.3) is 0 Å². The van der Waals surface area contributed by atoms with Crippen LogP contribution in [0.15, 0.2) is 22.7 Å². The van der Waals surface area contributed by atoms with Gasteiger partial charge in [0, 0.05) is 17.1 Å². The summed E-state index contributed by atoms with van der Waals surface area (Å²) in [6.45, 7) is 0.841. The van der Waals surface area contributed by atoms with Crippen molar-refractivity contribution in [2.75, 3.05) is 6.61 Å². The van der Waals surface area contributed by atoms with Crippen LogP contribution in [0.5, 0.6) is 0 Å². The normalized spacial score (nSPS) is 21.3. The Morgan fingerprint density at radius 2 is 2.26 bits per heavy atom. The summed E-state index contributed by atoms with van der Waals surface area (Å²) in [6.07, 6.45) is 5.29. The van der Waals surface area contributed by atoms with Gasteiger partial charge in [-0.15, -0.1) is 0 Å². The smallest absolute Gasteiger partial charge is 0.124 e. The Morgan fingerprint density at radius 3 is 2.89 bits per heavy atom. The molecule has 2 rings (SSSR count). The van der Waals surface area contributed by atoms with E-state index < -0.39 is 0 Å². The van der Waals surface area contributed by atoms with E-state index in [-0.39, 0.29) is 18.0 Å². The molecule has 3 nitrogen and oxygen atoms in total. The summed E-state index contributed by atoms with van der Waals surface area (Å²) in [4.78, 5) is 0. The van der Waals surface area contributed by atoms with Crippen LogP contribution in [-0.2, 0) is 11.2 Å². The monoisotopic (exact) mass is 330 g/mol. The van der Waals surface area contributed by atoms with E-state index in [1.165, 1.54) is 12.5 Å². The third-order valence-electron chi connectivity index (χ3n) is 3.46. The molecular formula is C14H20BrFN2O. The molecule has 1 aromatic carbocycles. The quantitative estimate of drug-likeness (QED) is 0.644. The van der Waals surface area contributed by atoms with E-state index in [1.54, 1.807) is 6.07 Å². The SMILES string of the molecule is NNC(Cc1cc(F)cc(Br)c1)CC1CCCCO1. The molecule has 2 atom stereocenters. The molecule has 1 aromatic rings. The van der Waals surface area contributed by atoms with E-state index in [2.05, 4.69) is 21.4 Å². The highest BCUT2D eigenvalue weighted by atomic mass is 79.9. The summed E-state index contributed by atoms with van der Waals surface area (Å²) < 4.78 is 19.8. The molecule has 0 saturated carbocycles. The molecule has 19 heavy (non-hydrogen) atoms. The average Bonchev–Trinajstić information content (AvgIpc) is 2.38. The highest BCUT2D eigenvalue weighted by Gasteiger charge is 2.19. The number of benzene rings is 1. The first-order valence-corrected chi connectivity index (χ1v) is 7.49. The van der Waals surface area contributed by atoms with Gasteiger partial charge < -0.3 is 4.74 Å². The van der Waals surface area contributed by atoms with Crippen molar-refractivity contribution in [3.05, 3.63) is 34.1 Å². The standard InChI is InChI=1S/C14H20BrFN2O/c15-11-5-10(6-12(16)8-11)7-13(18-17)9-14-3-1-2-4-19-14/h5-6,8,13-14,18H,1-4,7,9,17H2. The van der Waals surface area contributed by atoms with Crippen LogP contribution in [-0.4, -0.2) is 18.8 Å². The van der Waals surface area contributed by atoms with Crippen molar-refractivity contribution < 1.29 is 9.13 Å². The van der Waals surface area contributed by atoms with E-state index in [1.807, 2.05) is 6.07 Å². The molecule has 2 unspecified atom stereocenters. The summed E-state index contributed by atoms with van der Waals surface area (Å²) >= 11 is 3.31. The van der Waals surface area contributed by atoms with Crippen molar-refractivity contribution in [3.63, 3.8) is 0 Å². The van der Waals surface area contributed by atoms with Crippen LogP contribution in [0.1, 0.15) is 31.2 Å². The lowest BCUT2D eigenvalue weighted by Crippen LogP contribution is -2.40. The van der Waals surface area contributed by atoms with Crippen LogP contribution < -0.4 is 11.3 Å². The number of hydrazine groups is 1. The summed E-state index contributed by atoms with van der Waals surface area (Å²) in [7, 11) is 0. The molecule has 0 aliphatic carbocycles. The highest BCUT2D eigenvalue weighted by molar-refractivity contribution is 9.10. The molecule has 0 spiro atoms. The van der Waals surface area contributed by atoms with Crippen molar-refractivity contribution in [1.82, 2.24) is 5.43 Å². The zero-order chi connectivity index (χ0) is 13.7. The van der Waals surface area contributed by atoms with Gasteiger partial charge in [0.2, 0.25) is 0 Å². The lowest BCUT2D eigenvalue weighted by atomic mass is 9.97. The van der Waals surface area contributed by atoms with Gasteiger partial charge in [-0.1, -0.05) is 15.9 Å². The van der Waals surface area contributed by atoms with Crippen molar-refractivity contribution in [3.8, 4) is 0 Å². The molecule has 1 heterocycles. The number of hydrogen-bond donors (Lipinski definition) is 2. The molecule has 1 fully saturated rings. The molecule has 106 valence electrons. The van der Waals surface area contributed by atoms with E-state index in [9.17, 15) is 4.39 Å². The first-order chi connectivity index (χ1) is 9.17. The lowest BCUT2D eigenvalue weighted by molar-refractivity contribution is 0.00523. The first-order valence-electron chi connectivity index (χ1n) is 6.70. The Morgan fingerprint density at radius 1 is 1.42 bits per heavy atom. The molecule has 3 N–H and O–H groups in total. The second-order valence-corrected chi connectivity index (χ2v) is 5.99. The maximum absolute atomic E-state index is 13.3. The zero-order valence-corrected chi connectivity index (χ0v) is 12.5. The van der Waals surface area contributed by atoms with Crippen LogP contribution in [0.3, 0.4) is 0 Å². The minimum atomic E-state index is -0.228. The number of halogens is 2. The molecule has 0 bridgehead atoms. The predicted molar refractivity (Wildman–Crippen MR) is 77.1 cm³/mol. The Bertz CT molecular complexity index is 390. The molecule has 0 radical (unpaired) electrons. The Labute approximate surface area is 121 Å². The Kier molecular flexibility index (Phi) is 5.76. The highest BCUT2D eigenvalue weighted by Crippen LogP contribution is 2.20. The van der Waals surface area contributed by atoms with E-state index >= 15 is 0 Å². The van der Waals surface area contributed by atoms with Gasteiger partial charge in [0.1, 0.15) is 5.82 Å². The van der Waals surface area contributed by atoms with Gasteiger partial charge in [0.15, 0.2) is 0 Å². The van der Waals surface area contributed by atoms with Crippen molar-refractivity contribution >= 4 is 15.9 Å². The summed E-state index contributed by atoms with van der Waals surface area (Å²) in [5.74, 6) is 5.38. The molecule has 0 amide bonds. The molecular weight excluding hydrogens is 311 g/mol. The van der Waals surface area contributed by atoms with Gasteiger partial charge in [-0.05, 0) is 55.9 Å². The number of nitrogens with two attached hydrogens (primary N) is 1. The number of nitrogens with one attached hydrogen (secondary N) is 1. The summed E-state index contributed by atoms with van der Waals surface area (Å²) in [6, 6.07) is 5.04. The van der Waals surface area contributed by atoms with Gasteiger partial charge in [-0.25, -0.2) is 4.39 Å². The molecule has 1 saturated heterocycles. The van der Waals surface area contributed by atoms with Crippen molar-refractivity contribution in [2.24, 2.45) is 5.84 Å². The predicted octanol–water partition coefficient (Wildman–Crippen LogP) is 2.92. The number of ether oxygens (including phenoxy) is 1. The Balaban J connectivity index is 1.93.